The molecule has 2 aliphatic heterocycles. The number of hydrogen-bond donors (Lipinski definition) is 1. The van der Waals surface area contributed by atoms with Crippen LogP contribution in [-0.2, 0) is 11.2 Å². The number of carbonyl (C=O) groups excluding carboxylic acids is 1. The van der Waals surface area contributed by atoms with Crippen LogP contribution in [0.5, 0.6) is 0 Å². The zero-order chi connectivity index (χ0) is 22.0. The first-order chi connectivity index (χ1) is 15.6. The lowest BCUT2D eigenvalue weighted by Gasteiger charge is -2.45. The molecule has 0 bridgehead atoms. The Labute approximate surface area is 194 Å². The van der Waals surface area contributed by atoms with E-state index in [1.165, 1.54) is 49.7 Å². The number of aliphatic hydroxyl groups is 1. The zero-order valence-electron chi connectivity index (χ0n) is 19.8. The van der Waals surface area contributed by atoms with Crippen molar-refractivity contribution in [3.63, 3.8) is 0 Å². The maximum absolute atomic E-state index is 13.8. The molecule has 1 unspecified atom stereocenters. The topological polar surface area (TPSA) is 43.8 Å². The summed E-state index contributed by atoms with van der Waals surface area (Å²) < 4.78 is 0. The number of amides is 1. The van der Waals surface area contributed by atoms with Crippen LogP contribution in [-0.4, -0.2) is 52.6 Å². The Morgan fingerprint density at radius 3 is 2.34 bits per heavy atom. The molecule has 2 saturated carbocycles. The van der Waals surface area contributed by atoms with Gasteiger partial charge in [-0.1, -0.05) is 62.8 Å². The first-order valence-electron chi connectivity index (χ1n) is 13.5. The Morgan fingerprint density at radius 2 is 1.59 bits per heavy atom. The first-order valence-corrected chi connectivity index (χ1v) is 13.5. The van der Waals surface area contributed by atoms with Gasteiger partial charge in [-0.3, -0.25) is 4.79 Å². The van der Waals surface area contributed by atoms with E-state index in [9.17, 15) is 9.90 Å². The maximum atomic E-state index is 13.8. The highest BCUT2D eigenvalue weighted by atomic mass is 16.3. The summed E-state index contributed by atoms with van der Waals surface area (Å²) in [6.07, 6.45) is 14.9. The molecule has 2 aliphatic carbocycles. The molecule has 1 atom stereocenters. The minimum Gasteiger partial charge on any atom is -0.389 e. The minimum atomic E-state index is -0.488. The van der Waals surface area contributed by atoms with Crippen molar-refractivity contribution in [2.45, 2.75) is 95.1 Å². The van der Waals surface area contributed by atoms with Gasteiger partial charge in [-0.05, 0) is 75.1 Å². The van der Waals surface area contributed by atoms with Crippen molar-refractivity contribution in [2.75, 3.05) is 26.2 Å². The third kappa shape index (κ3) is 4.77. The second-order valence-corrected chi connectivity index (χ2v) is 11.2. The van der Waals surface area contributed by atoms with Crippen molar-refractivity contribution in [1.29, 1.82) is 0 Å². The van der Waals surface area contributed by atoms with Crippen LogP contribution in [0.1, 0.15) is 94.2 Å². The van der Waals surface area contributed by atoms with Crippen molar-refractivity contribution in [3.05, 3.63) is 35.4 Å². The number of piperidine rings is 1. The summed E-state index contributed by atoms with van der Waals surface area (Å²) in [6.45, 7) is 3.60. The fraction of sp³-hybridized carbons (Fsp3) is 0.750. The Kier molecular flexibility index (Phi) is 6.89. The third-order valence-corrected chi connectivity index (χ3v) is 8.95. The molecule has 4 nitrogen and oxygen atoms in total. The van der Waals surface area contributed by atoms with E-state index in [2.05, 4.69) is 34.1 Å². The number of benzene rings is 1. The van der Waals surface area contributed by atoms with Crippen LogP contribution in [0.3, 0.4) is 0 Å². The van der Waals surface area contributed by atoms with E-state index in [1.807, 2.05) is 0 Å². The summed E-state index contributed by atoms with van der Waals surface area (Å²) in [6, 6.07) is 9.18. The Bertz CT molecular complexity index is 773. The lowest BCUT2D eigenvalue weighted by molar-refractivity contribution is -0.142. The molecule has 1 amide bonds. The average molecular weight is 439 g/mol. The van der Waals surface area contributed by atoms with E-state index in [-0.39, 0.29) is 12.0 Å². The van der Waals surface area contributed by atoms with Gasteiger partial charge in [0.1, 0.15) is 0 Å². The lowest BCUT2D eigenvalue weighted by Crippen LogP contribution is -2.50. The molecule has 5 rings (SSSR count). The Hall–Kier alpha value is -1.39. The van der Waals surface area contributed by atoms with Crippen molar-refractivity contribution in [1.82, 2.24) is 9.80 Å². The van der Waals surface area contributed by atoms with Crippen LogP contribution in [0, 0.1) is 11.8 Å². The van der Waals surface area contributed by atoms with E-state index in [1.54, 1.807) is 0 Å². The van der Waals surface area contributed by atoms with Gasteiger partial charge < -0.3 is 14.9 Å². The molecule has 1 saturated heterocycles. The second kappa shape index (κ2) is 9.85. The summed E-state index contributed by atoms with van der Waals surface area (Å²) in [4.78, 5) is 18.6. The fourth-order valence-electron chi connectivity index (χ4n) is 7.16. The number of hydrogen-bond acceptors (Lipinski definition) is 3. The van der Waals surface area contributed by atoms with E-state index in [0.717, 1.165) is 71.1 Å². The molecule has 0 spiro atoms. The normalized spacial score (nSPS) is 27.8. The largest absolute Gasteiger partial charge is 0.389 e. The smallest absolute Gasteiger partial charge is 0.226 e. The highest BCUT2D eigenvalue weighted by Gasteiger charge is 2.40. The number of rotatable bonds is 4. The van der Waals surface area contributed by atoms with E-state index in [4.69, 9.17) is 0 Å². The van der Waals surface area contributed by atoms with E-state index in [0.29, 0.717) is 11.8 Å². The van der Waals surface area contributed by atoms with Gasteiger partial charge in [0.25, 0.3) is 0 Å². The van der Waals surface area contributed by atoms with Gasteiger partial charge in [0.2, 0.25) is 5.91 Å². The average Bonchev–Trinajstić information content (AvgIpc) is 2.84. The van der Waals surface area contributed by atoms with Gasteiger partial charge in [0, 0.05) is 19.0 Å². The lowest BCUT2D eigenvalue weighted by atomic mass is 9.76. The van der Waals surface area contributed by atoms with Crippen molar-refractivity contribution >= 4 is 5.91 Å². The molecule has 4 aliphatic rings. The van der Waals surface area contributed by atoms with Crippen LogP contribution in [0.4, 0.5) is 0 Å². The SMILES string of the molecule is O=C(C1CCN(CC2(O)CCCCC2)CC1)N1CCc2ccccc2C1C1CCCCC1. The van der Waals surface area contributed by atoms with Gasteiger partial charge in [-0.25, -0.2) is 0 Å². The second-order valence-electron chi connectivity index (χ2n) is 11.2. The van der Waals surface area contributed by atoms with Crippen LogP contribution >= 0.6 is 0 Å². The summed E-state index contributed by atoms with van der Waals surface area (Å²) in [5.74, 6) is 1.18. The van der Waals surface area contributed by atoms with Gasteiger partial charge in [-0.15, -0.1) is 0 Å². The van der Waals surface area contributed by atoms with Crippen molar-refractivity contribution in [2.24, 2.45) is 11.8 Å². The standard InChI is InChI=1S/C28H42N2O2/c31-27(24-13-18-29(19-14-24)21-28(32)16-7-2-8-17-28)30-20-15-22-9-5-6-12-25(22)26(30)23-10-3-1-4-11-23/h5-6,9,12,23-24,26,32H,1-4,7-8,10-11,13-21H2. The molecular weight excluding hydrogens is 396 g/mol. The monoisotopic (exact) mass is 438 g/mol. The fourth-order valence-corrected chi connectivity index (χ4v) is 7.16. The quantitative estimate of drug-likeness (QED) is 0.711. The third-order valence-electron chi connectivity index (χ3n) is 8.95. The molecule has 2 heterocycles. The number of nitrogens with zero attached hydrogens (tertiary/aromatic N) is 2. The Balaban J connectivity index is 1.25. The van der Waals surface area contributed by atoms with E-state index >= 15 is 0 Å². The van der Waals surface area contributed by atoms with Gasteiger partial charge >= 0.3 is 0 Å². The van der Waals surface area contributed by atoms with Crippen molar-refractivity contribution in [3.8, 4) is 0 Å². The van der Waals surface area contributed by atoms with Crippen LogP contribution in [0.25, 0.3) is 0 Å². The maximum Gasteiger partial charge on any atom is 0.226 e. The predicted molar refractivity (Wildman–Crippen MR) is 128 cm³/mol. The number of β-amino-alcohol motifs (C(OH)–C–C–N with tert-alkyl or cyclic N) is 1. The zero-order valence-corrected chi connectivity index (χ0v) is 19.8. The molecule has 1 aromatic rings. The van der Waals surface area contributed by atoms with Crippen LogP contribution in [0.2, 0.25) is 0 Å². The molecular formula is C28H42N2O2. The minimum absolute atomic E-state index is 0.156. The highest BCUT2D eigenvalue weighted by molar-refractivity contribution is 5.80. The van der Waals surface area contributed by atoms with Crippen molar-refractivity contribution < 1.29 is 9.90 Å². The summed E-state index contributed by atoms with van der Waals surface area (Å²) >= 11 is 0. The van der Waals surface area contributed by atoms with E-state index < -0.39 is 5.60 Å². The molecule has 3 fully saturated rings. The highest BCUT2D eigenvalue weighted by Crippen LogP contribution is 2.43. The van der Waals surface area contributed by atoms with Gasteiger partial charge in [0.05, 0.1) is 11.6 Å². The van der Waals surface area contributed by atoms with Gasteiger partial charge in [0.15, 0.2) is 0 Å². The molecule has 176 valence electrons. The first kappa shape index (κ1) is 22.4. The van der Waals surface area contributed by atoms with Crippen LogP contribution in [0.15, 0.2) is 24.3 Å². The summed E-state index contributed by atoms with van der Waals surface area (Å²) in [5.41, 5.74) is 2.40. The Morgan fingerprint density at radius 1 is 0.906 bits per heavy atom. The summed E-state index contributed by atoms with van der Waals surface area (Å²) in [5, 5.41) is 11.0. The number of likely N-dealkylation sites (tertiary alicyclic amines) is 1. The molecule has 0 radical (unpaired) electrons. The number of fused-ring (bicyclic) bond motifs is 1. The summed E-state index contributed by atoms with van der Waals surface area (Å²) in [7, 11) is 0. The molecule has 4 heteroatoms. The van der Waals surface area contributed by atoms with Gasteiger partial charge in [-0.2, -0.15) is 0 Å². The molecule has 32 heavy (non-hydrogen) atoms. The molecule has 1 N–H and O–H groups in total. The molecule has 1 aromatic carbocycles. The molecule has 0 aromatic heterocycles. The number of carbonyl (C=O) groups is 1. The van der Waals surface area contributed by atoms with Crippen LogP contribution < -0.4 is 0 Å². The predicted octanol–water partition coefficient (Wildman–Crippen LogP) is 5.10.